The first-order chi connectivity index (χ1) is 9.55. The average molecular weight is 290 g/mol. The van der Waals surface area contributed by atoms with E-state index in [2.05, 4.69) is 40.5 Å². The minimum absolute atomic E-state index is 0.0783. The molecule has 0 bridgehead atoms. The molecule has 0 aliphatic heterocycles. The van der Waals surface area contributed by atoms with E-state index in [0.717, 1.165) is 13.0 Å². The topological polar surface area (TPSA) is 56.5 Å². The fourth-order valence-corrected chi connectivity index (χ4v) is 1.49. The zero-order chi connectivity index (χ0) is 16.8. The van der Waals surface area contributed by atoms with Crippen LogP contribution in [0.4, 0.5) is 0 Å². The number of nitrogens with zero attached hydrogens (tertiary/aromatic N) is 2. The second-order valence-electron chi connectivity index (χ2n) is 6.12. The molecule has 0 saturated carbocycles. The first-order valence-electron chi connectivity index (χ1n) is 6.71. The predicted molar refractivity (Wildman–Crippen MR) is 86.4 cm³/mol. The van der Waals surface area contributed by atoms with Gasteiger partial charge in [-0.05, 0) is 11.8 Å². The molecular formula is C17H26N2O2. The van der Waals surface area contributed by atoms with Crippen molar-refractivity contribution >= 4 is 0 Å². The molecule has 0 atom stereocenters. The first-order valence-corrected chi connectivity index (χ1v) is 6.71. The van der Waals surface area contributed by atoms with Crippen LogP contribution >= 0.6 is 0 Å². The van der Waals surface area contributed by atoms with E-state index in [-0.39, 0.29) is 28.1 Å². The summed E-state index contributed by atoms with van der Waals surface area (Å²) in [4.78, 5) is 1.85. The summed E-state index contributed by atoms with van der Waals surface area (Å²) in [5.74, 6) is -0.0395. The standard InChI is InChI=1S/C17H26N2O2/c1-12(14(3)21-8)16(20)15(11-18)13(2)19(7)10-9-17(4,5)6/h20H,1-3,9-10H2,4-8H3/b16-15+. The lowest BCUT2D eigenvalue weighted by molar-refractivity contribution is 0.293. The summed E-state index contributed by atoms with van der Waals surface area (Å²) in [6.07, 6.45) is 0.938. The second kappa shape index (κ2) is 7.58. The van der Waals surface area contributed by atoms with Gasteiger partial charge in [0.1, 0.15) is 23.2 Å². The molecule has 0 saturated heterocycles. The Hall–Kier alpha value is -2.15. The van der Waals surface area contributed by atoms with Crippen molar-refractivity contribution in [2.45, 2.75) is 27.2 Å². The quantitative estimate of drug-likeness (QED) is 0.438. The van der Waals surface area contributed by atoms with Crippen molar-refractivity contribution in [3.05, 3.63) is 48.1 Å². The van der Waals surface area contributed by atoms with E-state index in [1.54, 1.807) is 0 Å². The van der Waals surface area contributed by atoms with Gasteiger partial charge in [-0.15, -0.1) is 0 Å². The summed E-state index contributed by atoms with van der Waals surface area (Å²) >= 11 is 0. The molecule has 0 fully saturated rings. The van der Waals surface area contributed by atoms with Crippen LogP contribution in [-0.2, 0) is 4.74 Å². The third-order valence-electron chi connectivity index (χ3n) is 3.16. The Kier molecular flexibility index (Phi) is 6.81. The number of hydrogen-bond acceptors (Lipinski definition) is 4. The number of likely N-dealkylation sites (N-methyl/N-ethyl adjacent to an activating group) is 1. The molecule has 0 spiro atoms. The summed E-state index contributed by atoms with van der Waals surface area (Å²) < 4.78 is 4.92. The van der Waals surface area contributed by atoms with Gasteiger partial charge in [0.2, 0.25) is 0 Å². The molecule has 116 valence electrons. The van der Waals surface area contributed by atoms with Crippen molar-refractivity contribution in [1.82, 2.24) is 4.90 Å². The summed E-state index contributed by atoms with van der Waals surface area (Å²) in [5.41, 5.74) is 0.888. The predicted octanol–water partition coefficient (Wildman–Crippen LogP) is 3.92. The molecule has 0 radical (unpaired) electrons. The van der Waals surface area contributed by atoms with Gasteiger partial charge in [0.05, 0.1) is 18.4 Å². The maximum Gasteiger partial charge on any atom is 0.145 e. The van der Waals surface area contributed by atoms with Crippen molar-refractivity contribution in [3.63, 3.8) is 0 Å². The zero-order valence-corrected chi connectivity index (χ0v) is 13.8. The molecule has 1 N–H and O–H groups in total. The maximum atomic E-state index is 10.2. The Bertz CT molecular complexity index is 502. The van der Waals surface area contributed by atoms with Gasteiger partial charge in [0.15, 0.2) is 0 Å². The van der Waals surface area contributed by atoms with Crippen molar-refractivity contribution < 1.29 is 9.84 Å². The Morgan fingerprint density at radius 2 is 1.81 bits per heavy atom. The average Bonchev–Trinajstić information content (AvgIpc) is 2.42. The molecule has 4 heteroatoms. The Morgan fingerprint density at radius 1 is 1.29 bits per heavy atom. The number of allylic oxidation sites excluding steroid dienone is 1. The van der Waals surface area contributed by atoms with E-state index >= 15 is 0 Å². The lowest BCUT2D eigenvalue weighted by atomic mass is 9.92. The molecule has 0 aliphatic carbocycles. The molecule has 0 rings (SSSR count). The van der Waals surface area contributed by atoms with Gasteiger partial charge in [0.25, 0.3) is 0 Å². The Labute approximate surface area is 128 Å². The fourth-order valence-electron chi connectivity index (χ4n) is 1.49. The highest BCUT2D eigenvalue weighted by Gasteiger charge is 2.19. The van der Waals surface area contributed by atoms with Crippen molar-refractivity contribution in [2.24, 2.45) is 5.41 Å². The highest BCUT2D eigenvalue weighted by Crippen LogP contribution is 2.25. The number of ether oxygens (including phenoxy) is 1. The summed E-state index contributed by atoms with van der Waals surface area (Å²) in [5, 5.41) is 19.4. The van der Waals surface area contributed by atoms with Crippen LogP contribution < -0.4 is 0 Å². The summed E-state index contributed by atoms with van der Waals surface area (Å²) in [7, 11) is 3.27. The lowest BCUT2D eigenvalue weighted by Gasteiger charge is -2.26. The van der Waals surface area contributed by atoms with Crippen LogP contribution in [0.5, 0.6) is 0 Å². The van der Waals surface area contributed by atoms with Gasteiger partial charge >= 0.3 is 0 Å². The second-order valence-corrected chi connectivity index (χ2v) is 6.12. The molecule has 0 unspecified atom stereocenters. The summed E-state index contributed by atoms with van der Waals surface area (Å²) in [6.45, 7) is 18.4. The normalized spacial score (nSPS) is 12.0. The minimum Gasteiger partial charge on any atom is -0.506 e. The monoisotopic (exact) mass is 290 g/mol. The van der Waals surface area contributed by atoms with E-state index in [0.29, 0.717) is 5.70 Å². The zero-order valence-electron chi connectivity index (χ0n) is 13.8. The van der Waals surface area contributed by atoms with Gasteiger partial charge in [-0.2, -0.15) is 5.26 Å². The smallest absolute Gasteiger partial charge is 0.145 e. The first kappa shape index (κ1) is 18.9. The molecule has 0 heterocycles. The highest BCUT2D eigenvalue weighted by atomic mass is 16.5. The van der Waals surface area contributed by atoms with E-state index in [1.807, 2.05) is 18.0 Å². The third-order valence-corrected chi connectivity index (χ3v) is 3.16. The van der Waals surface area contributed by atoms with Crippen LogP contribution in [0.25, 0.3) is 0 Å². The minimum atomic E-state index is -0.253. The van der Waals surface area contributed by atoms with E-state index in [1.165, 1.54) is 7.11 Å². The SMILES string of the molecule is C=C(OC)C(=C)/C(O)=C(/C#N)C(=C)N(C)CCC(C)(C)C. The molecule has 0 aromatic rings. The van der Waals surface area contributed by atoms with Gasteiger partial charge in [-0.1, -0.05) is 40.5 Å². The number of hydrogen-bond donors (Lipinski definition) is 1. The van der Waals surface area contributed by atoms with E-state index in [4.69, 9.17) is 4.74 Å². The highest BCUT2D eigenvalue weighted by molar-refractivity contribution is 5.50. The Balaban J connectivity index is 5.19. The molecule has 21 heavy (non-hydrogen) atoms. The largest absolute Gasteiger partial charge is 0.506 e. The van der Waals surface area contributed by atoms with Crippen molar-refractivity contribution in [1.29, 1.82) is 5.26 Å². The molecular weight excluding hydrogens is 264 g/mol. The van der Waals surface area contributed by atoms with Crippen LogP contribution in [0, 0.1) is 16.7 Å². The van der Waals surface area contributed by atoms with Gasteiger partial charge < -0.3 is 14.7 Å². The molecule has 0 aromatic carbocycles. The molecule has 0 amide bonds. The molecule has 0 aliphatic rings. The van der Waals surface area contributed by atoms with Gasteiger partial charge in [0, 0.05) is 13.6 Å². The lowest BCUT2D eigenvalue weighted by Crippen LogP contribution is -2.24. The van der Waals surface area contributed by atoms with Crippen molar-refractivity contribution in [3.8, 4) is 6.07 Å². The number of aliphatic hydroxyl groups excluding tert-OH is 1. The molecule has 4 nitrogen and oxygen atoms in total. The Morgan fingerprint density at radius 3 is 2.19 bits per heavy atom. The van der Waals surface area contributed by atoms with Gasteiger partial charge in [-0.25, -0.2) is 0 Å². The molecule has 0 aromatic heterocycles. The van der Waals surface area contributed by atoms with Crippen LogP contribution in [0.3, 0.4) is 0 Å². The van der Waals surface area contributed by atoms with Crippen molar-refractivity contribution in [2.75, 3.05) is 20.7 Å². The van der Waals surface area contributed by atoms with Gasteiger partial charge in [-0.3, -0.25) is 0 Å². The third kappa shape index (κ3) is 5.78. The number of methoxy groups -OCH3 is 1. The van der Waals surface area contributed by atoms with Crippen LogP contribution in [0.15, 0.2) is 48.1 Å². The number of nitriles is 1. The van der Waals surface area contributed by atoms with Crippen LogP contribution in [0.2, 0.25) is 0 Å². The number of aliphatic hydroxyl groups is 1. The fraction of sp³-hybridized carbons (Fsp3) is 0.471. The van der Waals surface area contributed by atoms with Crippen LogP contribution in [0.1, 0.15) is 27.2 Å². The van der Waals surface area contributed by atoms with E-state index in [9.17, 15) is 10.4 Å². The van der Waals surface area contributed by atoms with Crippen LogP contribution in [-0.4, -0.2) is 30.7 Å². The van der Waals surface area contributed by atoms with E-state index < -0.39 is 0 Å². The maximum absolute atomic E-state index is 10.2. The number of rotatable bonds is 7. The summed E-state index contributed by atoms with van der Waals surface area (Å²) in [6, 6.07) is 1.97.